The lowest BCUT2D eigenvalue weighted by atomic mass is 9.94. The van der Waals surface area contributed by atoms with Crippen LogP contribution in [0.5, 0.6) is 11.5 Å². The van der Waals surface area contributed by atoms with Gasteiger partial charge in [0.05, 0.1) is 31.0 Å². The largest absolute Gasteiger partial charge is 0.493 e. The van der Waals surface area contributed by atoms with E-state index in [1.54, 1.807) is 20.4 Å². The summed E-state index contributed by atoms with van der Waals surface area (Å²) in [4.78, 5) is 6.61. The number of nitriles is 1. The SMILES string of the molecule is COc1cc2ncc(C#N)c(N3CC(CCN)C3)c2cc1OC. The molecule has 23 heavy (non-hydrogen) atoms. The molecule has 6 heteroatoms. The average molecular weight is 312 g/mol. The van der Waals surface area contributed by atoms with Crippen molar-refractivity contribution in [1.29, 1.82) is 5.26 Å². The number of hydrogen-bond donors (Lipinski definition) is 1. The molecule has 0 aliphatic carbocycles. The monoisotopic (exact) mass is 312 g/mol. The summed E-state index contributed by atoms with van der Waals surface area (Å²) in [6.07, 6.45) is 2.64. The van der Waals surface area contributed by atoms with Gasteiger partial charge >= 0.3 is 0 Å². The predicted octanol–water partition coefficient (Wildman–Crippen LogP) is 1.91. The smallest absolute Gasteiger partial charge is 0.162 e. The van der Waals surface area contributed by atoms with E-state index in [1.165, 1.54) is 0 Å². The second-order valence-corrected chi connectivity index (χ2v) is 5.70. The number of anilines is 1. The van der Waals surface area contributed by atoms with Gasteiger partial charge in [-0.1, -0.05) is 0 Å². The van der Waals surface area contributed by atoms with Crippen LogP contribution in [0.25, 0.3) is 10.9 Å². The molecule has 0 radical (unpaired) electrons. The molecule has 1 fully saturated rings. The molecule has 2 N–H and O–H groups in total. The van der Waals surface area contributed by atoms with Crippen molar-refractivity contribution in [2.45, 2.75) is 6.42 Å². The van der Waals surface area contributed by atoms with Crippen molar-refractivity contribution in [2.24, 2.45) is 11.7 Å². The van der Waals surface area contributed by atoms with Gasteiger partial charge < -0.3 is 20.1 Å². The molecular formula is C17H20N4O2. The lowest BCUT2D eigenvalue weighted by Gasteiger charge is -2.42. The molecule has 0 amide bonds. The van der Waals surface area contributed by atoms with Gasteiger partial charge in [0, 0.05) is 30.7 Å². The lowest BCUT2D eigenvalue weighted by molar-refractivity contribution is 0.355. The normalized spacial score (nSPS) is 14.4. The lowest BCUT2D eigenvalue weighted by Crippen LogP contribution is -2.47. The van der Waals surface area contributed by atoms with E-state index in [-0.39, 0.29) is 0 Å². The zero-order valence-electron chi connectivity index (χ0n) is 13.4. The molecule has 0 bridgehead atoms. The third-order valence-corrected chi connectivity index (χ3v) is 4.31. The number of methoxy groups -OCH3 is 2. The fourth-order valence-corrected chi connectivity index (χ4v) is 3.10. The second-order valence-electron chi connectivity index (χ2n) is 5.70. The molecule has 0 unspecified atom stereocenters. The zero-order chi connectivity index (χ0) is 16.4. The van der Waals surface area contributed by atoms with Gasteiger partial charge in [0.2, 0.25) is 0 Å². The maximum atomic E-state index is 9.45. The van der Waals surface area contributed by atoms with Crippen molar-refractivity contribution in [3.63, 3.8) is 0 Å². The highest BCUT2D eigenvalue weighted by Gasteiger charge is 2.29. The van der Waals surface area contributed by atoms with Gasteiger partial charge in [0.25, 0.3) is 0 Å². The number of nitrogens with two attached hydrogens (primary N) is 1. The Balaban J connectivity index is 2.09. The number of ether oxygens (including phenoxy) is 2. The Morgan fingerprint density at radius 2 is 2.00 bits per heavy atom. The molecule has 1 aliphatic rings. The maximum Gasteiger partial charge on any atom is 0.162 e. The summed E-state index contributed by atoms with van der Waals surface area (Å²) in [5.41, 5.74) is 7.92. The minimum Gasteiger partial charge on any atom is -0.493 e. The molecule has 0 atom stereocenters. The average Bonchev–Trinajstić information content (AvgIpc) is 2.55. The predicted molar refractivity (Wildman–Crippen MR) is 88.9 cm³/mol. The fourth-order valence-electron chi connectivity index (χ4n) is 3.10. The number of aromatic nitrogens is 1. The number of nitrogens with zero attached hydrogens (tertiary/aromatic N) is 3. The number of hydrogen-bond acceptors (Lipinski definition) is 6. The highest BCUT2D eigenvalue weighted by molar-refractivity contribution is 5.96. The van der Waals surface area contributed by atoms with E-state index in [0.717, 1.165) is 36.1 Å². The second kappa shape index (κ2) is 6.31. The number of rotatable bonds is 5. The molecule has 2 heterocycles. The van der Waals surface area contributed by atoms with Gasteiger partial charge in [-0.25, -0.2) is 0 Å². The van der Waals surface area contributed by atoms with Gasteiger partial charge in [-0.15, -0.1) is 0 Å². The first-order chi connectivity index (χ1) is 11.2. The summed E-state index contributed by atoms with van der Waals surface area (Å²) in [5, 5.41) is 10.4. The topological polar surface area (TPSA) is 84.4 Å². The van der Waals surface area contributed by atoms with Gasteiger partial charge in [-0.05, 0) is 24.9 Å². The molecule has 0 saturated carbocycles. The van der Waals surface area contributed by atoms with E-state index in [9.17, 15) is 5.26 Å². The molecule has 0 spiro atoms. The van der Waals surface area contributed by atoms with E-state index >= 15 is 0 Å². The van der Waals surface area contributed by atoms with Crippen molar-refractivity contribution in [3.8, 4) is 17.6 Å². The third kappa shape index (κ3) is 2.64. The first-order valence-electron chi connectivity index (χ1n) is 7.61. The van der Waals surface area contributed by atoms with Crippen LogP contribution in [0.15, 0.2) is 18.3 Å². The first kappa shape index (κ1) is 15.4. The van der Waals surface area contributed by atoms with E-state index in [1.807, 2.05) is 12.1 Å². The van der Waals surface area contributed by atoms with Crippen molar-refractivity contribution < 1.29 is 9.47 Å². The third-order valence-electron chi connectivity index (χ3n) is 4.31. The molecule has 6 nitrogen and oxygen atoms in total. The Morgan fingerprint density at radius 1 is 1.30 bits per heavy atom. The Kier molecular flexibility index (Phi) is 4.22. The molecule has 3 rings (SSSR count). The fraction of sp³-hybridized carbons (Fsp3) is 0.412. The number of pyridine rings is 1. The minimum absolute atomic E-state index is 0.580. The van der Waals surface area contributed by atoms with Crippen molar-refractivity contribution in [3.05, 3.63) is 23.9 Å². The molecule has 1 aromatic heterocycles. The van der Waals surface area contributed by atoms with Gasteiger partial charge in [0.1, 0.15) is 6.07 Å². The zero-order valence-corrected chi connectivity index (χ0v) is 13.4. The number of benzene rings is 1. The molecule has 1 aliphatic heterocycles. The van der Waals surface area contributed by atoms with Crippen LogP contribution in [0.3, 0.4) is 0 Å². The minimum atomic E-state index is 0.580. The highest BCUT2D eigenvalue weighted by atomic mass is 16.5. The molecule has 1 saturated heterocycles. The summed E-state index contributed by atoms with van der Waals surface area (Å²) < 4.78 is 10.7. The highest BCUT2D eigenvalue weighted by Crippen LogP contribution is 2.39. The molecule has 2 aromatic rings. The summed E-state index contributed by atoms with van der Waals surface area (Å²) in [7, 11) is 3.20. The quantitative estimate of drug-likeness (QED) is 0.908. The Morgan fingerprint density at radius 3 is 2.61 bits per heavy atom. The van der Waals surface area contributed by atoms with Crippen molar-refractivity contribution in [2.75, 3.05) is 38.8 Å². The van der Waals surface area contributed by atoms with E-state index in [4.69, 9.17) is 15.2 Å². The standard InChI is InChI=1S/C17H20N4O2/c1-22-15-5-13-14(6-16(15)23-2)20-8-12(7-19)17(13)21-9-11(10-21)3-4-18/h5-6,8,11H,3-4,9-10,18H2,1-2H3. The Bertz CT molecular complexity index is 763. The van der Waals surface area contributed by atoms with Crippen LogP contribution in [0.4, 0.5) is 5.69 Å². The summed E-state index contributed by atoms with van der Waals surface area (Å²) >= 11 is 0. The van der Waals surface area contributed by atoms with Crippen LogP contribution in [0, 0.1) is 17.2 Å². The van der Waals surface area contributed by atoms with Crippen LogP contribution < -0.4 is 20.1 Å². The van der Waals surface area contributed by atoms with Crippen LogP contribution in [0.2, 0.25) is 0 Å². The maximum absolute atomic E-state index is 9.45. The first-order valence-corrected chi connectivity index (χ1v) is 7.61. The molecule has 1 aromatic carbocycles. The van der Waals surface area contributed by atoms with Crippen molar-refractivity contribution >= 4 is 16.6 Å². The van der Waals surface area contributed by atoms with Crippen LogP contribution >= 0.6 is 0 Å². The van der Waals surface area contributed by atoms with Crippen LogP contribution in [-0.4, -0.2) is 38.8 Å². The van der Waals surface area contributed by atoms with Crippen molar-refractivity contribution in [1.82, 2.24) is 4.98 Å². The van der Waals surface area contributed by atoms with Gasteiger partial charge in [-0.2, -0.15) is 5.26 Å². The number of fused-ring (bicyclic) bond motifs is 1. The summed E-state index contributed by atoms with van der Waals surface area (Å²) in [6.45, 7) is 2.53. The Hall–Kier alpha value is -2.52. The molecule has 120 valence electrons. The molecular weight excluding hydrogens is 292 g/mol. The van der Waals surface area contributed by atoms with E-state index in [2.05, 4.69) is 16.0 Å². The van der Waals surface area contributed by atoms with Crippen LogP contribution in [0.1, 0.15) is 12.0 Å². The van der Waals surface area contributed by atoms with Crippen LogP contribution in [-0.2, 0) is 0 Å². The summed E-state index contributed by atoms with van der Waals surface area (Å²) in [6, 6.07) is 5.99. The Labute approximate surface area is 135 Å². The van der Waals surface area contributed by atoms with E-state index in [0.29, 0.717) is 29.5 Å². The van der Waals surface area contributed by atoms with E-state index < -0.39 is 0 Å². The van der Waals surface area contributed by atoms with Gasteiger partial charge in [-0.3, -0.25) is 4.98 Å². The van der Waals surface area contributed by atoms with Gasteiger partial charge in [0.15, 0.2) is 11.5 Å². The summed E-state index contributed by atoms with van der Waals surface area (Å²) in [5.74, 6) is 1.86.